The molecule has 0 bridgehead atoms. The van der Waals surface area contributed by atoms with E-state index in [1.807, 2.05) is 38.0 Å². The molecule has 0 fully saturated rings. The molecule has 0 N–H and O–H groups in total. The number of carbonyl (C=O) groups is 9. The average molecular weight is 1320 g/mol. The molecule has 0 atom stereocenters. The molecule has 0 amide bonds. The Morgan fingerprint density at radius 3 is 1.20 bits per heavy atom. The van der Waals surface area contributed by atoms with E-state index in [-0.39, 0.29) is 93.8 Å². The minimum atomic E-state index is -2.46. The predicted octanol–water partition coefficient (Wildman–Crippen LogP) is 7.17. The van der Waals surface area contributed by atoms with Crippen LogP contribution in [-0.2, 0) is 106 Å². The summed E-state index contributed by atoms with van der Waals surface area (Å²) in [6, 6.07) is 6.81. The van der Waals surface area contributed by atoms with Crippen LogP contribution in [0.5, 0.6) is 0 Å². The van der Waals surface area contributed by atoms with Gasteiger partial charge in [0.25, 0.3) is 11.4 Å². The molecule has 4 aromatic rings. The number of aryl methyl sites for hydroxylation is 4. The molecule has 32 nitrogen and oxygen atoms in total. The third-order valence-electron chi connectivity index (χ3n) is 14.2. The smallest absolute Gasteiger partial charge is 0.465 e. The first-order chi connectivity index (χ1) is 44.0. The van der Waals surface area contributed by atoms with Crippen LogP contribution in [0.3, 0.4) is 0 Å². The lowest BCUT2D eigenvalue weighted by Crippen LogP contribution is -2.38. The van der Waals surface area contributed by atoms with Gasteiger partial charge in [-0.25, -0.2) is 14.4 Å². The highest BCUT2D eigenvalue weighted by Gasteiger charge is 2.42. The summed E-state index contributed by atoms with van der Waals surface area (Å²) in [5.41, 5.74) is -4.73. The quantitative estimate of drug-likeness (QED) is 0.00809. The van der Waals surface area contributed by atoms with E-state index in [2.05, 4.69) is 20.6 Å². The fourth-order valence-corrected chi connectivity index (χ4v) is 9.51. The topological polar surface area (TPSA) is 391 Å². The molecule has 2 aromatic heterocycles. The zero-order valence-corrected chi connectivity index (χ0v) is 55.6. The molecule has 516 valence electrons. The van der Waals surface area contributed by atoms with Gasteiger partial charge in [-0.15, -0.1) is 10.2 Å². The molecular weight excluding hydrogens is 1240 g/mol. The number of nitro groups is 2. The van der Waals surface area contributed by atoms with Crippen LogP contribution in [0.15, 0.2) is 48.8 Å². The number of benzene rings is 2. The first-order valence-electron chi connectivity index (χ1n) is 30.2. The molecule has 0 radical (unpaired) electrons. The maximum Gasteiger partial charge on any atom is 0.512 e. The number of aromatic nitrogens is 6. The monoisotopic (exact) mass is 1320 g/mol. The van der Waals surface area contributed by atoms with Crippen molar-refractivity contribution in [1.82, 2.24) is 39.8 Å². The van der Waals surface area contributed by atoms with Crippen molar-refractivity contribution < 1.29 is 95.6 Å². The van der Waals surface area contributed by atoms with Crippen LogP contribution in [0, 0.1) is 41.9 Å². The van der Waals surface area contributed by atoms with Crippen molar-refractivity contribution in [2.24, 2.45) is 21.7 Å². The predicted molar refractivity (Wildman–Crippen MR) is 329 cm³/mol. The second kappa shape index (κ2) is 35.6. The first-order valence-corrected chi connectivity index (χ1v) is 30.2. The molecule has 0 spiro atoms. The third kappa shape index (κ3) is 25.3. The van der Waals surface area contributed by atoms with Crippen LogP contribution in [0.1, 0.15) is 144 Å². The number of Topliss-reactive ketones (excluding diaryl/α,β-unsaturated/α-hetero) is 2. The van der Waals surface area contributed by atoms with Gasteiger partial charge in [0, 0.05) is 100 Å². The van der Waals surface area contributed by atoms with Crippen molar-refractivity contribution in [1.29, 1.82) is 0 Å². The summed E-state index contributed by atoms with van der Waals surface area (Å²) >= 11 is 0. The summed E-state index contributed by atoms with van der Waals surface area (Å²) < 4.78 is 49.3. The van der Waals surface area contributed by atoms with Crippen LogP contribution >= 0.6 is 0 Å². The Kier molecular flexibility index (Phi) is 29.2. The highest BCUT2D eigenvalue weighted by molar-refractivity contribution is 5.97. The minimum Gasteiger partial charge on any atom is -0.465 e. The first kappa shape index (κ1) is 77.1. The third-order valence-corrected chi connectivity index (χ3v) is 14.2. The largest absolute Gasteiger partial charge is 0.512 e. The Hall–Kier alpha value is -9.33. The lowest BCUT2D eigenvalue weighted by molar-refractivity contribution is -0.386. The van der Waals surface area contributed by atoms with Crippen LogP contribution in [0.4, 0.5) is 21.0 Å². The fourth-order valence-electron chi connectivity index (χ4n) is 9.51. The standard InChI is InChI=1S/C62H86N10O22/c1-14-86-51(75)52(93-57(80)91-37-43-19-17-41(33-47(43)71(82)83)49(73)23-21-45-35-69(65-63-45)25-15-29-87-53(76)59(2,3)39-61(6,7)55(78)89-31-27-67(10)11)94-58(81)92-38-44-20-18-42(34-48(44)72(84)85)50(74)24-22-46-36-70(66-64-46)26-16-30-88-54(77)60(4,5)40-62(8,9)56(79)90-32-28-68(12)13/h17-20,33-36,52H,14-16,21-32,37-40H2,1-13H3. The number of rotatable bonds is 40. The van der Waals surface area contributed by atoms with Crippen molar-refractivity contribution in [3.63, 3.8) is 0 Å². The number of likely N-dealkylation sites (N-methyl/N-ethyl adjacent to an activating group) is 2. The van der Waals surface area contributed by atoms with Gasteiger partial charge in [0.2, 0.25) is 0 Å². The van der Waals surface area contributed by atoms with E-state index in [1.165, 1.54) is 28.4 Å². The van der Waals surface area contributed by atoms with E-state index in [0.29, 0.717) is 50.4 Å². The lowest BCUT2D eigenvalue weighted by atomic mass is 9.75. The summed E-state index contributed by atoms with van der Waals surface area (Å²) in [6.07, 6.45) is -1.50. The number of ether oxygens (including phenoxy) is 9. The van der Waals surface area contributed by atoms with Crippen molar-refractivity contribution >= 4 is 65.1 Å². The second-order valence-corrected chi connectivity index (χ2v) is 25.1. The molecule has 0 aliphatic carbocycles. The Balaban J connectivity index is 1.22. The Morgan fingerprint density at radius 2 is 0.872 bits per heavy atom. The highest BCUT2D eigenvalue weighted by atomic mass is 16.8. The molecule has 0 saturated heterocycles. The van der Waals surface area contributed by atoms with Gasteiger partial charge in [-0.1, -0.05) is 22.6 Å². The molecule has 4 rings (SSSR count). The van der Waals surface area contributed by atoms with Crippen LogP contribution in [-0.4, -0.2) is 184 Å². The average Bonchev–Trinajstić information content (AvgIpc) is 1.08. The van der Waals surface area contributed by atoms with E-state index in [1.54, 1.807) is 67.8 Å². The molecule has 0 aliphatic heterocycles. The molecule has 0 unspecified atom stereocenters. The maximum absolute atomic E-state index is 13.2. The van der Waals surface area contributed by atoms with Crippen molar-refractivity contribution in [3.05, 3.63) is 103 Å². The molecule has 2 heterocycles. The summed E-state index contributed by atoms with van der Waals surface area (Å²) in [7, 11) is 7.45. The van der Waals surface area contributed by atoms with Crippen molar-refractivity contribution in [2.45, 2.75) is 146 Å². The number of esters is 5. The zero-order chi connectivity index (χ0) is 70.1. The van der Waals surface area contributed by atoms with Gasteiger partial charge in [0.1, 0.15) is 26.4 Å². The molecular formula is C62H86N10O22. The van der Waals surface area contributed by atoms with E-state index < -0.39 is 116 Å². The molecule has 94 heavy (non-hydrogen) atoms. The summed E-state index contributed by atoms with van der Waals surface area (Å²) in [6.45, 7) is 15.4. The van der Waals surface area contributed by atoms with E-state index in [4.69, 9.17) is 42.6 Å². The summed E-state index contributed by atoms with van der Waals surface area (Å²) in [4.78, 5) is 143. The summed E-state index contributed by atoms with van der Waals surface area (Å²) in [5.74, 6) is -4.20. The highest BCUT2D eigenvalue weighted by Crippen LogP contribution is 2.37. The van der Waals surface area contributed by atoms with Crippen LogP contribution < -0.4 is 0 Å². The van der Waals surface area contributed by atoms with Gasteiger partial charge < -0.3 is 52.4 Å². The number of hydrogen-bond acceptors (Lipinski definition) is 28. The Bertz CT molecular complexity index is 3110. The van der Waals surface area contributed by atoms with Crippen molar-refractivity contribution in [3.8, 4) is 0 Å². The number of nitro benzene ring substituents is 2. The normalized spacial score (nSPS) is 11.8. The molecule has 2 aromatic carbocycles. The number of nitrogens with zero attached hydrogens (tertiary/aromatic N) is 10. The van der Waals surface area contributed by atoms with E-state index in [9.17, 15) is 63.4 Å². The molecule has 0 saturated carbocycles. The number of ketones is 2. The minimum absolute atomic E-state index is 0.0533. The lowest BCUT2D eigenvalue weighted by Gasteiger charge is -2.31. The molecule has 0 aliphatic rings. The molecule has 32 heteroatoms. The van der Waals surface area contributed by atoms with Gasteiger partial charge >= 0.3 is 48.4 Å². The van der Waals surface area contributed by atoms with Crippen LogP contribution in [0.25, 0.3) is 0 Å². The van der Waals surface area contributed by atoms with Gasteiger partial charge in [-0.05, 0) is 115 Å². The Morgan fingerprint density at radius 1 is 0.521 bits per heavy atom. The fraction of sp³-hybridized carbons (Fsp3) is 0.597. The second-order valence-electron chi connectivity index (χ2n) is 25.1. The van der Waals surface area contributed by atoms with E-state index in [0.717, 1.165) is 24.3 Å². The van der Waals surface area contributed by atoms with Gasteiger partial charge in [-0.2, -0.15) is 0 Å². The maximum atomic E-state index is 13.2. The summed E-state index contributed by atoms with van der Waals surface area (Å²) in [5, 5.41) is 40.5. The van der Waals surface area contributed by atoms with E-state index >= 15 is 0 Å². The van der Waals surface area contributed by atoms with Gasteiger partial charge in [0.15, 0.2) is 11.6 Å². The SMILES string of the molecule is CCOC(=O)C(OC(=O)OCc1ccc(C(=O)CCc2cn(CCCOC(=O)C(C)(C)CC(C)(C)C(=O)OCCN(C)C)nn2)cc1[N+](=O)[O-])OC(=O)OCc1ccc(C(=O)CCc2cn(CCCOC(=O)C(C)(C)CC(C)(C)C(=O)OCCN(C)C)nn2)cc1[N+](=O)[O-]. The van der Waals surface area contributed by atoms with Gasteiger partial charge in [-0.3, -0.25) is 58.4 Å². The van der Waals surface area contributed by atoms with Crippen LogP contribution in [0.2, 0.25) is 0 Å². The zero-order valence-electron chi connectivity index (χ0n) is 55.6. The Labute approximate surface area is 543 Å². The van der Waals surface area contributed by atoms with Crippen molar-refractivity contribution in [2.75, 3.05) is 74.3 Å². The number of carbonyl (C=O) groups excluding carboxylic acids is 9. The van der Waals surface area contributed by atoms with Gasteiger partial charge in [0.05, 0.1) is 73.8 Å². The number of hydrogen-bond donors (Lipinski definition) is 0.